The lowest BCUT2D eigenvalue weighted by molar-refractivity contribution is -0.251. The summed E-state index contributed by atoms with van der Waals surface area (Å²) in [4.78, 5) is 17.7. The van der Waals surface area contributed by atoms with Crippen LogP contribution in [-0.4, -0.2) is 45.0 Å². The molecule has 6 heteroatoms. The average molecular weight is 232 g/mol. The minimum atomic E-state index is -0.0839. The molecular formula is C9H16N2O3S. The van der Waals surface area contributed by atoms with Gasteiger partial charge in [0.15, 0.2) is 0 Å². The highest BCUT2D eigenvalue weighted by molar-refractivity contribution is 8.01. The maximum absolute atomic E-state index is 11.7. The first-order valence-electron chi connectivity index (χ1n) is 5.00. The Hall–Kier alpha value is -0.460. The van der Waals surface area contributed by atoms with Gasteiger partial charge in [0.25, 0.3) is 0 Å². The molecule has 2 amide bonds. The second-order valence-corrected chi connectivity index (χ2v) is 6.34. The second-order valence-electron chi connectivity index (χ2n) is 4.57. The quantitative estimate of drug-likeness (QED) is 0.553. The van der Waals surface area contributed by atoms with Gasteiger partial charge in [-0.25, -0.2) is 9.68 Å². The van der Waals surface area contributed by atoms with Crippen LogP contribution in [0.1, 0.15) is 20.8 Å². The second kappa shape index (κ2) is 3.54. The van der Waals surface area contributed by atoms with Crippen LogP contribution in [0.15, 0.2) is 0 Å². The van der Waals surface area contributed by atoms with Crippen molar-refractivity contribution in [1.82, 2.24) is 10.2 Å². The molecule has 0 aromatic carbocycles. The highest BCUT2D eigenvalue weighted by Crippen LogP contribution is 2.47. The first-order valence-corrected chi connectivity index (χ1v) is 5.88. The van der Waals surface area contributed by atoms with Gasteiger partial charge in [-0.3, -0.25) is 5.26 Å². The Labute approximate surface area is 93.1 Å². The molecule has 5 nitrogen and oxygen atoms in total. The van der Waals surface area contributed by atoms with E-state index in [0.717, 1.165) is 0 Å². The molecule has 2 aliphatic heterocycles. The maximum atomic E-state index is 11.7. The third kappa shape index (κ3) is 1.60. The summed E-state index contributed by atoms with van der Waals surface area (Å²) in [7, 11) is 0. The Morgan fingerprint density at radius 3 is 2.93 bits per heavy atom. The SMILES string of the molecule is C[C@H]1NC(=O)N2[C@@H]1SC(C)(C)[C@@H]2COO. The zero-order valence-electron chi connectivity index (χ0n) is 9.06. The van der Waals surface area contributed by atoms with Crippen molar-refractivity contribution in [2.75, 3.05) is 6.61 Å². The number of amides is 2. The van der Waals surface area contributed by atoms with Crippen LogP contribution in [0, 0.1) is 0 Å². The van der Waals surface area contributed by atoms with Crippen LogP contribution in [0.4, 0.5) is 4.79 Å². The first kappa shape index (κ1) is 11.0. The van der Waals surface area contributed by atoms with Crippen LogP contribution >= 0.6 is 11.8 Å². The van der Waals surface area contributed by atoms with Gasteiger partial charge in [-0.05, 0) is 20.8 Å². The van der Waals surface area contributed by atoms with Crippen LogP contribution < -0.4 is 5.32 Å². The molecule has 0 aliphatic carbocycles. The minimum absolute atomic E-state index is 0.0624. The number of rotatable bonds is 2. The van der Waals surface area contributed by atoms with Gasteiger partial charge in [-0.15, -0.1) is 11.8 Å². The molecule has 0 bridgehead atoms. The van der Waals surface area contributed by atoms with Gasteiger partial charge in [0, 0.05) is 4.75 Å². The summed E-state index contributed by atoms with van der Waals surface area (Å²) in [6, 6.07) is 0.000503. The predicted octanol–water partition coefficient (Wildman–Crippen LogP) is 1.11. The molecule has 0 saturated carbocycles. The Morgan fingerprint density at radius 2 is 2.33 bits per heavy atom. The highest BCUT2D eigenvalue weighted by Gasteiger charge is 2.54. The molecule has 2 fully saturated rings. The zero-order chi connectivity index (χ0) is 11.2. The van der Waals surface area contributed by atoms with Gasteiger partial charge in [-0.1, -0.05) is 0 Å². The molecular weight excluding hydrogens is 216 g/mol. The number of fused-ring (bicyclic) bond motifs is 1. The molecule has 2 heterocycles. The van der Waals surface area contributed by atoms with Crippen LogP contribution in [0.5, 0.6) is 0 Å². The lowest BCUT2D eigenvalue weighted by Gasteiger charge is -2.28. The lowest BCUT2D eigenvalue weighted by Crippen LogP contribution is -2.46. The highest BCUT2D eigenvalue weighted by atomic mass is 32.2. The van der Waals surface area contributed by atoms with E-state index in [9.17, 15) is 4.79 Å². The number of hydrogen-bond acceptors (Lipinski definition) is 4. The van der Waals surface area contributed by atoms with E-state index >= 15 is 0 Å². The van der Waals surface area contributed by atoms with E-state index in [1.54, 1.807) is 16.7 Å². The van der Waals surface area contributed by atoms with E-state index in [4.69, 9.17) is 5.26 Å². The van der Waals surface area contributed by atoms with Crippen molar-refractivity contribution >= 4 is 17.8 Å². The van der Waals surface area contributed by atoms with Gasteiger partial charge >= 0.3 is 6.03 Å². The third-order valence-corrected chi connectivity index (χ3v) is 4.84. The van der Waals surface area contributed by atoms with E-state index in [1.807, 2.05) is 6.92 Å². The molecule has 0 spiro atoms. The lowest BCUT2D eigenvalue weighted by atomic mass is 10.0. The van der Waals surface area contributed by atoms with Gasteiger partial charge < -0.3 is 10.2 Å². The monoisotopic (exact) mass is 232 g/mol. The van der Waals surface area contributed by atoms with Crippen molar-refractivity contribution in [2.45, 2.75) is 43.0 Å². The fourth-order valence-electron chi connectivity index (χ4n) is 2.25. The van der Waals surface area contributed by atoms with E-state index in [2.05, 4.69) is 24.1 Å². The third-order valence-electron chi connectivity index (χ3n) is 3.08. The van der Waals surface area contributed by atoms with E-state index in [1.165, 1.54) is 0 Å². The standard InChI is InChI=1S/C9H16N2O3S/c1-5-7-11(8(12)10-5)6(4-14-13)9(2,3)15-7/h5-7,13H,4H2,1-3H3,(H,10,12)/t5-,6+,7-/m1/s1. The van der Waals surface area contributed by atoms with Crippen LogP contribution in [0.25, 0.3) is 0 Å². The molecule has 2 aliphatic rings. The number of thioether (sulfide) groups is 1. The summed E-state index contributed by atoms with van der Waals surface area (Å²) in [5, 5.41) is 11.6. The Kier molecular flexibility index (Phi) is 2.60. The number of carbonyl (C=O) groups excluding carboxylic acids is 1. The number of hydrogen-bond donors (Lipinski definition) is 2. The fraction of sp³-hybridized carbons (Fsp3) is 0.889. The number of urea groups is 1. The van der Waals surface area contributed by atoms with Crippen molar-refractivity contribution in [3.63, 3.8) is 0 Å². The van der Waals surface area contributed by atoms with Crippen molar-refractivity contribution in [2.24, 2.45) is 0 Å². The maximum Gasteiger partial charge on any atom is 0.319 e. The molecule has 3 atom stereocenters. The fourth-order valence-corrected chi connectivity index (χ4v) is 3.84. The summed E-state index contributed by atoms with van der Waals surface area (Å²) in [5.74, 6) is 0. The molecule has 0 unspecified atom stereocenters. The summed E-state index contributed by atoms with van der Waals surface area (Å²) >= 11 is 1.75. The van der Waals surface area contributed by atoms with Crippen LogP contribution in [-0.2, 0) is 4.89 Å². The molecule has 86 valence electrons. The zero-order valence-corrected chi connectivity index (χ0v) is 9.87. The molecule has 0 radical (unpaired) electrons. The molecule has 0 aromatic rings. The Balaban J connectivity index is 2.24. The summed E-state index contributed by atoms with van der Waals surface area (Å²) < 4.78 is -0.0839. The van der Waals surface area contributed by atoms with E-state index < -0.39 is 0 Å². The molecule has 15 heavy (non-hydrogen) atoms. The number of nitrogens with one attached hydrogen (secondary N) is 1. The largest absolute Gasteiger partial charge is 0.333 e. The molecule has 2 rings (SSSR count). The molecule has 0 aromatic heterocycles. The van der Waals surface area contributed by atoms with Crippen LogP contribution in [0.2, 0.25) is 0 Å². The van der Waals surface area contributed by atoms with Gasteiger partial charge in [0.2, 0.25) is 0 Å². The summed E-state index contributed by atoms with van der Waals surface area (Å²) in [6.45, 7) is 6.30. The van der Waals surface area contributed by atoms with Crippen molar-refractivity contribution in [3.05, 3.63) is 0 Å². The van der Waals surface area contributed by atoms with Crippen molar-refractivity contribution in [3.8, 4) is 0 Å². The van der Waals surface area contributed by atoms with Gasteiger partial charge in [-0.2, -0.15) is 0 Å². The Bertz CT molecular complexity index is 285. The predicted molar refractivity (Wildman–Crippen MR) is 57.7 cm³/mol. The minimum Gasteiger partial charge on any atom is -0.333 e. The molecule has 2 N–H and O–H groups in total. The summed E-state index contributed by atoms with van der Waals surface area (Å²) in [6.07, 6.45) is 0. The molecule has 2 saturated heterocycles. The van der Waals surface area contributed by atoms with E-state index in [0.29, 0.717) is 0 Å². The first-order chi connectivity index (χ1) is 6.97. The number of carbonyl (C=O) groups is 1. The Morgan fingerprint density at radius 1 is 1.67 bits per heavy atom. The van der Waals surface area contributed by atoms with Crippen LogP contribution in [0.3, 0.4) is 0 Å². The normalized spacial score (nSPS) is 38.0. The number of nitrogens with zero attached hydrogens (tertiary/aromatic N) is 1. The topological polar surface area (TPSA) is 61.8 Å². The smallest absolute Gasteiger partial charge is 0.319 e. The average Bonchev–Trinajstić information content (AvgIpc) is 2.52. The van der Waals surface area contributed by atoms with Gasteiger partial charge in [0.05, 0.1) is 12.1 Å². The van der Waals surface area contributed by atoms with Crippen molar-refractivity contribution in [1.29, 1.82) is 0 Å². The summed E-state index contributed by atoms with van der Waals surface area (Å²) in [5.41, 5.74) is 0. The van der Waals surface area contributed by atoms with Gasteiger partial charge in [0.1, 0.15) is 12.0 Å². The van der Waals surface area contributed by atoms with E-state index in [-0.39, 0.29) is 34.8 Å². The van der Waals surface area contributed by atoms with Crippen molar-refractivity contribution < 1.29 is 14.9 Å².